The van der Waals surface area contributed by atoms with E-state index in [4.69, 9.17) is 21.8 Å². The van der Waals surface area contributed by atoms with Crippen LogP contribution in [0.25, 0.3) is 0 Å². The average molecular weight is 251 g/mol. The lowest BCUT2D eigenvalue weighted by Gasteiger charge is -2.02. The summed E-state index contributed by atoms with van der Waals surface area (Å²) in [5, 5.41) is 17.5. The third-order valence-electron chi connectivity index (χ3n) is 1.28. The number of carbonyl (C=O) groups is 1. The lowest BCUT2D eigenvalue weighted by Crippen LogP contribution is -1.98. The summed E-state index contributed by atoms with van der Waals surface area (Å²) in [7, 11) is 0. The number of rotatable bonds is 1. The molecule has 1 aromatic rings. The normalized spacial score (nSPS) is 9.83. The third-order valence-corrected chi connectivity index (χ3v) is 2.33. The standard InChI is InChI=1S/C7H4BrClO3/c8-3-1-2-4(10)6(9)5(3)7(11)12/h1-2,10H,(H,11,12). The number of aromatic carboxylic acids is 1. The van der Waals surface area contributed by atoms with Crippen LogP contribution in [0.3, 0.4) is 0 Å². The summed E-state index contributed by atoms with van der Waals surface area (Å²) in [5.74, 6) is -1.42. The molecule has 0 saturated heterocycles. The minimum Gasteiger partial charge on any atom is -0.506 e. The van der Waals surface area contributed by atoms with Gasteiger partial charge >= 0.3 is 5.97 Å². The maximum Gasteiger partial charge on any atom is 0.338 e. The van der Waals surface area contributed by atoms with Gasteiger partial charge in [-0.3, -0.25) is 0 Å². The molecule has 12 heavy (non-hydrogen) atoms. The summed E-state index contributed by atoms with van der Waals surface area (Å²) in [6, 6.07) is 2.74. The second kappa shape index (κ2) is 3.33. The predicted octanol–water partition coefficient (Wildman–Crippen LogP) is 2.51. The fourth-order valence-electron chi connectivity index (χ4n) is 0.738. The van der Waals surface area contributed by atoms with Crippen LogP contribution in [0, 0.1) is 0 Å². The third kappa shape index (κ3) is 1.54. The van der Waals surface area contributed by atoms with Crippen LogP contribution in [-0.2, 0) is 0 Å². The Hall–Kier alpha value is -0.740. The van der Waals surface area contributed by atoms with Gasteiger partial charge in [-0.2, -0.15) is 0 Å². The first-order valence-electron chi connectivity index (χ1n) is 2.94. The number of phenolic OH excluding ortho intramolecular Hbond substituents is 1. The van der Waals surface area contributed by atoms with Crippen molar-refractivity contribution < 1.29 is 15.0 Å². The number of phenols is 1. The van der Waals surface area contributed by atoms with Crippen molar-refractivity contribution in [3.63, 3.8) is 0 Å². The molecule has 0 aliphatic heterocycles. The fraction of sp³-hybridized carbons (Fsp3) is 0. The first-order valence-corrected chi connectivity index (χ1v) is 4.11. The fourth-order valence-corrected chi connectivity index (χ4v) is 1.60. The van der Waals surface area contributed by atoms with E-state index in [0.29, 0.717) is 4.47 Å². The molecule has 0 aliphatic carbocycles. The molecule has 0 atom stereocenters. The van der Waals surface area contributed by atoms with Gasteiger partial charge in [0.05, 0.1) is 10.6 Å². The van der Waals surface area contributed by atoms with Gasteiger partial charge in [0.25, 0.3) is 0 Å². The summed E-state index contributed by atoms with van der Waals surface area (Å²) in [6.07, 6.45) is 0. The quantitative estimate of drug-likeness (QED) is 0.806. The van der Waals surface area contributed by atoms with Gasteiger partial charge in [0.2, 0.25) is 0 Å². The van der Waals surface area contributed by atoms with Crippen LogP contribution in [0.1, 0.15) is 10.4 Å². The molecule has 3 nitrogen and oxygen atoms in total. The Kier molecular flexibility index (Phi) is 2.59. The SMILES string of the molecule is O=C(O)c1c(Br)ccc(O)c1Cl. The smallest absolute Gasteiger partial charge is 0.338 e. The monoisotopic (exact) mass is 250 g/mol. The van der Waals surface area contributed by atoms with Crippen LogP contribution in [0.15, 0.2) is 16.6 Å². The molecular formula is C7H4BrClO3. The van der Waals surface area contributed by atoms with Gasteiger partial charge in [0.15, 0.2) is 0 Å². The van der Waals surface area contributed by atoms with E-state index in [1.54, 1.807) is 0 Å². The summed E-state index contributed by atoms with van der Waals surface area (Å²) in [4.78, 5) is 10.6. The second-order valence-electron chi connectivity index (χ2n) is 2.06. The molecule has 0 unspecified atom stereocenters. The van der Waals surface area contributed by atoms with E-state index in [-0.39, 0.29) is 16.3 Å². The Bertz CT molecular complexity index is 338. The molecule has 2 N–H and O–H groups in total. The molecule has 1 rings (SSSR count). The zero-order chi connectivity index (χ0) is 9.30. The highest BCUT2D eigenvalue weighted by Crippen LogP contribution is 2.32. The van der Waals surface area contributed by atoms with Crippen molar-refractivity contribution in [2.45, 2.75) is 0 Å². The first kappa shape index (κ1) is 9.35. The molecule has 0 saturated carbocycles. The van der Waals surface area contributed by atoms with Crippen LogP contribution in [-0.4, -0.2) is 16.2 Å². The highest BCUT2D eigenvalue weighted by Gasteiger charge is 2.15. The van der Waals surface area contributed by atoms with Crippen LogP contribution in [0.4, 0.5) is 0 Å². The lowest BCUT2D eigenvalue weighted by molar-refractivity contribution is 0.0695. The first-order chi connectivity index (χ1) is 5.54. The van der Waals surface area contributed by atoms with E-state index in [2.05, 4.69) is 15.9 Å². The van der Waals surface area contributed by atoms with Crippen LogP contribution in [0.5, 0.6) is 5.75 Å². The van der Waals surface area contributed by atoms with Crippen molar-refractivity contribution in [2.24, 2.45) is 0 Å². The molecular weight excluding hydrogens is 247 g/mol. The Morgan fingerprint density at radius 2 is 2.08 bits per heavy atom. The Morgan fingerprint density at radius 1 is 1.50 bits per heavy atom. The van der Waals surface area contributed by atoms with Crippen molar-refractivity contribution in [3.05, 3.63) is 27.2 Å². The zero-order valence-electron chi connectivity index (χ0n) is 5.71. The zero-order valence-corrected chi connectivity index (χ0v) is 8.06. The van der Waals surface area contributed by atoms with Gasteiger partial charge in [0.1, 0.15) is 5.75 Å². The molecule has 0 fully saturated rings. The van der Waals surface area contributed by atoms with E-state index in [1.807, 2.05) is 0 Å². The van der Waals surface area contributed by atoms with Crippen molar-refractivity contribution in [1.82, 2.24) is 0 Å². The number of carboxylic acid groups (broad SMARTS) is 1. The topological polar surface area (TPSA) is 57.5 Å². The van der Waals surface area contributed by atoms with Crippen molar-refractivity contribution in [2.75, 3.05) is 0 Å². The Balaban J connectivity index is 3.43. The minimum atomic E-state index is -1.18. The number of halogens is 2. The molecule has 0 aromatic heterocycles. The van der Waals surface area contributed by atoms with Crippen LogP contribution < -0.4 is 0 Å². The van der Waals surface area contributed by atoms with Crippen LogP contribution >= 0.6 is 27.5 Å². The summed E-state index contributed by atoms with van der Waals surface area (Å²) in [6.45, 7) is 0. The van der Waals surface area contributed by atoms with Crippen molar-refractivity contribution >= 4 is 33.5 Å². The maximum absolute atomic E-state index is 10.6. The minimum absolute atomic E-state index is 0.128. The lowest BCUT2D eigenvalue weighted by atomic mass is 10.2. The molecule has 5 heteroatoms. The number of hydrogen-bond acceptors (Lipinski definition) is 2. The van der Waals surface area contributed by atoms with Gasteiger partial charge in [0, 0.05) is 4.47 Å². The summed E-state index contributed by atoms with van der Waals surface area (Å²) < 4.78 is 0.345. The largest absolute Gasteiger partial charge is 0.506 e. The molecule has 0 bridgehead atoms. The summed E-state index contributed by atoms with van der Waals surface area (Å²) >= 11 is 8.54. The Labute approximate surface area is 81.7 Å². The Morgan fingerprint density at radius 3 is 2.50 bits per heavy atom. The van der Waals surface area contributed by atoms with Crippen molar-refractivity contribution in [3.8, 4) is 5.75 Å². The van der Waals surface area contributed by atoms with Gasteiger partial charge in [-0.25, -0.2) is 4.79 Å². The number of carboxylic acids is 1. The predicted molar refractivity (Wildman–Crippen MR) is 47.8 cm³/mol. The van der Waals surface area contributed by atoms with E-state index >= 15 is 0 Å². The van der Waals surface area contributed by atoms with E-state index < -0.39 is 5.97 Å². The molecule has 0 radical (unpaired) electrons. The second-order valence-corrected chi connectivity index (χ2v) is 3.29. The van der Waals surface area contributed by atoms with Gasteiger partial charge in [-0.1, -0.05) is 11.6 Å². The number of benzene rings is 1. The number of aromatic hydroxyl groups is 1. The summed E-state index contributed by atoms with van der Waals surface area (Å²) in [5.41, 5.74) is -0.128. The van der Waals surface area contributed by atoms with E-state index in [1.165, 1.54) is 12.1 Å². The molecule has 1 aromatic carbocycles. The van der Waals surface area contributed by atoms with Crippen molar-refractivity contribution in [1.29, 1.82) is 0 Å². The average Bonchev–Trinajstić information content (AvgIpc) is 1.97. The van der Waals surface area contributed by atoms with Gasteiger partial charge in [-0.15, -0.1) is 0 Å². The highest BCUT2D eigenvalue weighted by molar-refractivity contribution is 9.10. The van der Waals surface area contributed by atoms with Gasteiger partial charge in [-0.05, 0) is 28.1 Å². The molecule has 0 aliphatic rings. The molecule has 0 amide bonds. The molecule has 0 heterocycles. The van der Waals surface area contributed by atoms with Crippen LogP contribution in [0.2, 0.25) is 5.02 Å². The van der Waals surface area contributed by atoms with Gasteiger partial charge < -0.3 is 10.2 Å². The van der Waals surface area contributed by atoms with E-state index in [0.717, 1.165) is 0 Å². The molecule has 0 spiro atoms. The van der Waals surface area contributed by atoms with E-state index in [9.17, 15) is 4.79 Å². The molecule has 64 valence electrons. The maximum atomic E-state index is 10.6. The highest BCUT2D eigenvalue weighted by atomic mass is 79.9. The number of hydrogen-bond donors (Lipinski definition) is 2.